The fraction of sp³-hybridized carbons (Fsp3) is 0.231. The van der Waals surface area contributed by atoms with E-state index in [1.165, 1.54) is 16.0 Å². The van der Waals surface area contributed by atoms with E-state index in [9.17, 15) is 8.78 Å². The van der Waals surface area contributed by atoms with Crippen LogP contribution in [0.3, 0.4) is 0 Å². The number of nitrogens with one attached hydrogen (secondary N) is 1. The number of halogens is 2. The minimum atomic E-state index is -2.63. The van der Waals surface area contributed by atoms with Crippen molar-refractivity contribution in [3.8, 4) is 22.3 Å². The molecule has 23 heavy (non-hydrogen) atoms. The van der Waals surface area contributed by atoms with Crippen molar-refractivity contribution in [2.45, 2.75) is 13.3 Å². The lowest BCUT2D eigenvalue weighted by Crippen LogP contribution is -1.91. The standard InChI is InChI=1S/C13H10F2N6OS/c1-5-3-7(18-17-5)11-16-12(22-20-11)8-4-6-9(10(14)15)19-21(2)13(6)23-8/h3-4,10H,1-2H3,(H,17,18). The van der Waals surface area contributed by atoms with Crippen molar-refractivity contribution < 1.29 is 13.3 Å². The molecule has 118 valence electrons. The molecule has 0 bridgehead atoms. The van der Waals surface area contributed by atoms with E-state index in [0.29, 0.717) is 26.6 Å². The van der Waals surface area contributed by atoms with E-state index in [0.717, 1.165) is 5.69 Å². The Kier molecular flexibility index (Phi) is 3.01. The third-order valence-corrected chi connectivity index (χ3v) is 4.51. The Morgan fingerprint density at radius 2 is 2.17 bits per heavy atom. The number of aryl methyl sites for hydroxylation is 2. The minimum absolute atomic E-state index is 0.243. The van der Waals surface area contributed by atoms with E-state index in [1.54, 1.807) is 19.2 Å². The summed E-state index contributed by atoms with van der Waals surface area (Å²) in [6.07, 6.45) is -2.63. The summed E-state index contributed by atoms with van der Waals surface area (Å²) in [5, 5.41) is 15.0. The van der Waals surface area contributed by atoms with Crippen LogP contribution in [-0.2, 0) is 7.05 Å². The molecule has 0 fully saturated rings. The fourth-order valence-corrected chi connectivity index (χ4v) is 3.29. The lowest BCUT2D eigenvalue weighted by molar-refractivity contribution is 0.147. The maximum absolute atomic E-state index is 13.0. The molecule has 1 N–H and O–H groups in total. The molecule has 0 saturated carbocycles. The van der Waals surface area contributed by atoms with Crippen molar-refractivity contribution in [3.63, 3.8) is 0 Å². The molecule has 0 aliphatic heterocycles. The Balaban J connectivity index is 1.78. The molecule has 4 aromatic rings. The SMILES string of the molecule is Cc1cc(-c2noc(-c3cc4c(C(F)F)nn(C)c4s3)n2)n[nH]1. The van der Waals surface area contributed by atoms with Crippen LogP contribution in [0.1, 0.15) is 17.8 Å². The van der Waals surface area contributed by atoms with Crippen molar-refractivity contribution in [2.75, 3.05) is 0 Å². The second-order valence-corrected chi connectivity index (χ2v) is 6.03. The Morgan fingerprint density at radius 1 is 1.35 bits per heavy atom. The molecule has 0 spiro atoms. The summed E-state index contributed by atoms with van der Waals surface area (Å²) in [4.78, 5) is 5.52. The van der Waals surface area contributed by atoms with E-state index in [1.807, 2.05) is 6.92 Å². The average Bonchev–Trinajstić information content (AvgIpc) is 3.22. The molecule has 0 aliphatic rings. The molecular weight excluding hydrogens is 326 g/mol. The van der Waals surface area contributed by atoms with Gasteiger partial charge in [-0.3, -0.25) is 9.78 Å². The quantitative estimate of drug-likeness (QED) is 0.620. The van der Waals surface area contributed by atoms with Crippen LogP contribution in [0.5, 0.6) is 0 Å². The normalized spacial score (nSPS) is 11.9. The first-order chi connectivity index (χ1) is 11.0. The number of H-pyrrole nitrogens is 1. The summed E-state index contributed by atoms with van der Waals surface area (Å²) in [7, 11) is 1.63. The Labute approximate surface area is 131 Å². The molecule has 7 nitrogen and oxygen atoms in total. The van der Waals surface area contributed by atoms with Crippen LogP contribution in [0.4, 0.5) is 8.78 Å². The summed E-state index contributed by atoms with van der Waals surface area (Å²) in [6.45, 7) is 1.86. The van der Waals surface area contributed by atoms with Crippen molar-refractivity contribution in [2.24, 2.45) is 7.05 Å². The highest BCUT2D eigenvalue weighted by Gasteiger charge is 2.22. The van der Waals surface area contributed by atoms with Gasteiger partial charge in [0.1, 0.15) is 16.2 Å². The highest BCUT2D eigenvalue weighted by molar-refractivity contribution is 7.21. The highest BCUT2D eigenvalue weighted by atomic mass is 32.1. The minimum Gasteiger partial charge on any atom is -0.333 e. The second-order valence-electron chi connectivity index (χ2n) is 5.00. The summed E-state index contributed by atoms with van der Waals surface area (Å²) in [6, 6.07) is 3.39. The van der Waals surface area contributed by atoms with Crippen LogP contribution in [0.25, 0.3) is 32.5 Å². The first kappa shape index (κ1) is 14.0. The topological polar surface area (TPSA) is 85.4 Å². The van der Waals surface area contributed by atoms with E-state index < -0.39 is 6.43 Å². The van der Waals surface area contributed by atoms with Gasteiger partial charge in [-0.2, -0.15) is 15.2 Å². The lowest BCUT2D eigenvalue weighted by Gasteiger charge is -1.92. The second kappa shape index (κ2) is 4.95. The van der Waals surface area contributed by atoms with E-state index in [4.69, 9.17) is 4.52 Å². The predicted molar refractivity (Wildman–Crippen MR) is 79.2 cm³/mol. The van der Waals surface area contributed by atoms with Crippen LogP contribution in [-0.4, -0.2) is 30.1 Å². The average molecular weight is 336 g/mol. The predicted octanol–water partition coefficient (Wildman–Crippen LogP) is 3.32. The molecule has 4 aromatic heterocycles. The number of nitrogens with zero attached hydrogens (tertiary/aromatic N) is 5. The summed E-state index contributed by atoms with van der Waals surface area (Å²) >= 11 is 1.27. The molecule has 4 rings (SSSR count). The molecule has 0 aliphatic carbocycles. The summed E-state index contributed by atoms with van der Waals surface area (Å²) in [5.74, 6) is 0.607. The largest absolute Gasteiger partial charge is 0.333 e. The summed E-state index contributed by atoms with van der Waals surface area (Å²) < 4.78 is 32.7. The molecule has 0 amide bonds. The fourth-order valence-electron chi connectivity index (χ4n) is 2.29. The van der Waals surface area contributed by atoms with Gasteiger partial charge in [-0.25, -0.2) is 8.78 Å². The van der Waals surface area contributed by atoms with Crippen LogP contribution in [0, 0.1) is 6.92 Å². The molecule has 0 unspecified atom stereocenters. The van der Waals surface area contributed by atoms with Gasteiger partial charge in [0, 0.05) is 18.1 Å². The Morgan fingerprint density at radius 3 is 2.87 bits per heavy atom. The summed E-state index contributed by atoms with van der Waals surface area (Å²) in [5.41, 5.74) is 1.20. The van der Waals surface area contributed by atoms with Gasteiger partial charge in [0.15, 0.2) is 0 Å². The lowest BCUT2D eigenvalue weighted by atomic mass is 10.3. The molecule has 0 saturated heterocycles. The molecule has 10 heteroatoms. The van der Waals surface area contributed by atoms with Crippen LogP contribution >= 0.6 is 11.3 Å². The zero-order valence-electron chi connectivity index (χ0n) is 12.0. The molecular formula is C13H10F2N6OS. The van der Waals surface area contributed by atoms with Crippen molar-refractivity contribution in [3.05, 3.63) is 23.5 Å². The van der Waals surface area contributed by atoms with E-state index in [-0.39, 0.29) is 11.6 Å². The van der Waals surface area contributed by atoms with E-state index >= 15 is 0 Å². The number of aromatic amines is 1. The van der Waals surface area contributed by atoms with Crippen LogP contribution < -0.4 is 0 Å². The number of aromatic nitrogens is 6. The Hall–Kier alpha value is -2.62. The number of fused-ring (bicyclic) bond motifs is 1. The maximum Gasteiger partial charge on any atom is 0.282 e. The zero-order chi connectivity index (χ0) is 16.1. The number of hydrogen-bond donors (Lipinski definition) is 1. The molecule has 0 atom stereocenters. The smallest absolute Gasteiger partial charge is 0.282 e. The number of rotatable bonds is 3. The van der Waals surface area contributed by atoms with Gasteiger partial charge in [0.25, 0.3) is 12.3 Å². The van der Waals surface area contributed by atoms with Gasteiger partial charge in [0.05, 0.1) is 4.88 Å². The van der Waals surface area contributed by atoms with Crippen molar-refractivity contribution in [1.82, 2.24) is 30.1 Å². The van der Waals surface area contributed by atoms with E-state index in [2.05, 4.69) is 25.4 Å². The molecule has 4 heterocycles. The number of thiophene rings is 1. The highest BCUT2D eigenvalue weighted by Crippen LogP contribution is 2.37. The maximum atomic E-state index is 13.0. The van der Waals surface area contributed by atoms with Crippen LogP contribution in [0.2, 0.25) is 0 Å². The monoisotopic (exact) mass is 336 g/mol. The van der Waals surface area contributed by atoms with Gasteiger partial charge in [-0.15, -0.1) is 11.3 Å². The van der Waals surface area contributed by atoms with Crippen LogP contribution in [0.15, 0.2) is 16.7 Å². The first-order valence-electron chi connectivity index (χ1n) is 6.64. The van der Waals surface area contributed by atoms with Crippen molar-refractivity contribution >= 4 is 21.6 Å². The molecule has 0 aromatic carbocycles. The van der Waals surface area contributed by atoms with Gasteiger partial charge >= 0.3 is 0 Å². The number of hydrogen-bond acceptors (Lipinski definition) is 6. The third kappa shape index (κ3) is 2.22. The van der Waals surface area contributed by atoms with Crippen molar-refractivity contribution in [1.29, 1.82) is 0 Å². The zero-order valence-corrected chi connectivity index (χ0v) is 12.9. The third-order valence-electron chi connectivity index (χ3n) is 3.32. The van der Waals surface area contributed by atoms with Gasteiger partial charge in [0.2, 0.25) is 5.82 Å². The van der Waals surface area contributed by atoms with Gasteiger partial charge in [-0.05, 0) is 19.1 Å². The Bertz CT molecular complexity index is 998. The molecule has 0 radical (unpaired) electrons. The first-order valence-corrected chi connectivity index (χ1v) is 7.45. The van der Waals surface area contributed by atoms with Gasteiger partial charge < -0.3 is 4.52 Å². The van der Waals surface area contributed by atoms with Gasteiger partial charge in [-0.1, -0.05) is 5.16 Å². The number of alkyl halides is 2.